The summed E-state index contributed by atoms with van der Waals surface area (Å²) in [4.78, 5) is 13.6. The summed E-state index contributed by atoms with van der Waals surface area (Å²) in [5, 5.41) is 14.1. The minimum absolute atomic E-state index is 0.0876. The second kappa shape index (κ2) is 6.46. The lowest BCUT2D eigenvalue weighted by Crippen LogP contribution is -2.48. The van der Waals surface area contributed by atoms with Crippen LogP contribution in [0.5, 0.6) is 0 Å². The molecule has 1 heterocycles. The number of nitrogens with zero attached hydrogens (tertiary/aromatic N) is 2. The molecule has 1 fully saturated rings. The third-order valence-corrected chi connectivity index (χ3v) is 3.12. The van der Waals surface area contributed by atoms with Gasteiger partial charge in [-0.05, 0) is 33.4 Å². The van der Waals surface area contributed by atoms with E-state index in [-0.39, 0.29) is 12.5 Å². The Hall–Kier alpha value is -1.12. The van der Waals surface area contributed by atoms with Crippen LogP contribution in [0, 0.1) is 11.3 Å². The Morgan fingerprint density at radius 1 is 1.62 bits per heavy atom. The van der Waals surface area contributed by atoms with Crippen LogP contribution in [0.1, 0.15) is 19.8 Å². The van der Waals surface area contributed by atoms with Gasteiger partial charge in [0.1, 0.15) is 6.54 Å². The predicted octanol–water partition coefficient (Wildman–Crippen LogP) is -0.302. The number of carbonyl (C=O) groups is 1. The number of rotatable bonds is 4. The van der Waals surface area contributed by atoms with Gasteiger partial charge in [-0.1, -0.05) is 0 Å². The zero-order chi connectivity index (χ0) is 12.0. The van der Waals surface area contributed by atoms with Gasteiger partial charge in [0, 0.05) is 12.1 Å². The number of nitrogens with one attached hydrogen (secondary N) is 2. The zero-order valence-electron chi connectivity index (χ0n) is 9.99. The fraction of sp³-hybridized carbons (Fsp3) is 0.818. The second-order valence-corrected chi connectivity index (χ2v) is 4.37. The summed E-state index contributed by atoms with van der Waals surface area (Å²) in [6.45, 7) is 3.66. The summed E-state index contributed by atoms with van der Waals surface area (Å²) in [5.74, 6) is -0.104. The van der Waals surface area contributed by atoms with Gasteiger partial charge in [-0.25, -0.2) is 0 Å². The molecule has 16 heavy (non-hydrogen) atoms. The van der Waals surface area contributed by atoms with Crippen LogP contribution in [0.4, 0.5) is 0 Å². The first-order valence-electron chi connectivity index (χ1n) is 5.70. The number of piperidine rings is 1. The SMILES string of the molecule is CC1CC(NCC(=O)NCC#N)CCN1C. The molecule has 0 aliphatic carbocycles. The first-order valence-corrected chi connectivity index (χ1v) is 5.70. The third-order valence-electron chi connectivity index (χ3n) is 3.12. The van der Waals surface area contributed by atoms with E-state index >= 15 is 0 Å². The summed E-state index contributed by atoms with van der Waals surface area (Å²) < 4.78 is 0. The van der Waals surface area contributed by atoms with Crippen LogP contribution in [0.3, 0.4) is 0 Å². The number of hydrogen-bond acceptors (Lipinski definition) is 4. The smallest absolute Gasteiger partial charge is 0.234 e. The molecule has 5 heteroatoms. The first kappa shape index (κ1) is 12.9. The minimum Gasteiger partial charge on any atom is -0.342 e. The van der Waals surface area contributed by atoms with Crippen molar-refractivity contribution in [3.05, 3.63) is 0 Å². The summed E-state index contributed by atoms with van der Waals surface area (Å²) in [6.07, 6.45) is 2.15. The van der Waals surface area contributed by atoms with Gasteiger partial charge < -0.3 is 15.5 Å². The molecule has 0 spiro atoms. The highest BCUT2D eigenvalue weighted by atomic mass is 16.1. The Morgan fingerprint density at radius 3 is 3.00 bits per heavy atom. The monoisotopic (exact) mass is 224 g/mol. The molecular weight excluding hydrogens is 204 g/mol. The lowest BCUT2D eigenvalue weighted by molar-refractivity contribution is -0.120. The van der Waals surface area contributed by atoms with E-state index in [2.05, 4.69) is 29.5 Å². The maximum absolute atomic E-state index is 11.3. The Morgan fingerprint density at radius 2 is 2.38 bits per heavy atom. The molecule has 1 saturated heterocycles. The Balaban J connectivity index is 2.18. The molecule has 0 radical (unpaired) electrons. The maximum atomic E-state index is 11.3. The highest BCUT2D eigenvalue weighted by Crippen LogP contribution is 2.14. The molecule has 0 bridgehead atoms. The molecule has 0 aromatic rings. The van der Waals surface area contributed by atoms with Crippen LogP contribution in [0.15, 0.2) is 0 Å². The summed E-state index contributed by atoms with van der Waals surface area (Å²) in [5.41, 5.74) is 0. The van der Waals surface area contributed by atoms with Crippen molar-refractivity contribution in [1.82, 2.24) is 15.5 Å². The molecule has 0 saturated carbocycles. The zero-order valence-corrected chi connectivity index (χ0v) is 9.99. The molecule has 2 atom stereocenters. The quantitative estimate of drug-likeness (QED) is 0.643. The molecular formula is C11H20N4O. The van der Waals surface area contributed by atoms with Crippen molar-refractivity contribution in [3.63, 3.8) is 0 Å². The molecule has 1 amide bonds. The van der Waals surface area contributed by atoms with Crippen molar-refractivity contribution in [3.8, 4) is 6.07 Å². The van der Waals surface area contributed by atoms with Crippen molar-refractivity contribution in [2.75, 3.05) is 26.7 Å². The molecule has 2 N–H and O–H groups in total. The van der Waals surface area contributed by atoms with Crippen molar-refractivity contribution >= 4 is 5.91 Å². The molecule has 90 valence electrons. The second-order valence-electron chi connectivity index (χ2n) is 4.37. The highest BCUT2D eigenvalue weighted by molar-refractivity contribution is 5.78. The maximum Gasteiger partial charge on any atom is 0.234 e. The lowest BCUT2D eigenvalue weighted by Gasteiger charge is -2.35. The van der Waals surface area contributed by atoms with E-state index in [4.69, 9.17) is 5.26 Å². The highest BCUT2D eigenvalue weighted by Gasteiger charge is 2.22. The van der Waals surface area contributed by atoms with E-state index in [9.17, 15) is 4.79 Å². The predicted molar refractivity (Wildman–Crippen MR) is 61.7 cm³/mol. The summed E-state index contributed by atoms with van der Waals surface area (Å²) >= 11 is 0. The van der Waals surface area contributed by atoms with Gasteiger partial charge in [0.2, 0.25) is 5.91 Å². The van der Waals surface area contributed by atoms with Crippen LogP contribution >= 0.6 is 0 Å². The molecule has 0 aromatic carbocycles. The van der Waals surface area contributed by atoms with Crippen molar-refractivity contribution < 1.29 is 4.79 Å². The van der Waals surface area contributed by atoms with Crippen molar-refractivity contribution in [2.45, 2.75) is 31.8 Å². The fourth-order valence-electron chi connectivity index (χ4n) is 1.91. The van der Waals surface area contributed by atoms with Crippen molar-refractivity contribution in [1.29, 1.82) is 5.26 Å². The number of amides is 1. The van der Waals surface area contributed by atoms with Gasteiger partial charge in [0.15, 0.2) is 0 Å². The van der Waals surface area contributed by atoms with E-state index in [1.165, 1.54) is 0 Å². The number of likely N-dealkylation sites (tertiary alicyclic amines) is 1. The molecule has 2 unspecified atom stereocenters. The number of carbonyl (C=O) groups excluding carboxylic acids is 1. The molecule has 1 aliphatic heterocycles. The van der Waals surface area contributed by atoms with E-state index < -0.39 is 0 Å². The molecule has 5 nitrogen and oxygen atoms in total. The Kier molecular flexibility index (Phi) is 5.23. The van der Waals surface area contributed by atoms with Gasteiger partial charge in [-0.2, -0.15) is 5.26 Å². The Labute approximate surface area is 96.8 Å². The average molecular weight is 224 g/mol. The van der Waals surface area contributed by atoms with Crippen LogP contribution in [-0.4, -0.2) is 49.6 Å². The summed E-state index contributed by atoms with van der Waals surface area (Å²) in [6, 6.07) is 2.86. The first-order chi connectivity index (χ1) is 7.63. The van der Waals surface area contributed by atoms with Gasteiger partial charge in [0.25, 0.3) is 0 Å². The third kappa shape index (κ3) is 4.17. The standard InChI is InChI=1S/C11H20N4O/c1-9-7-10(3-6-15(9)2)14-8-11(16)13-5-4-12/h9-10,14H,3,5-8H2,1-2H3,(H,13,16). The largest absolute Gasteiger partial charge is 0.342 e. The van der Waals surface area contributed by atoms with Gasteiger partial charge in [0.05, 0.1) is 12.6 Å². The average Bonchev–Trinajstić information content (AvgIpc) is 2.28. The Bertz CT molecular complexity index is 274. The summed E-state index contributed by atoms with van der Waals surface area (Å²) in [7, 11) is 2.13. The number of hydrogen-bond donors (Lipinski definition) is 2. The van der Waals surface area contributed by atoms with Crippen LogP contribution < -0.4 is 10.6 Å². The molecule has 0 aromatic heterocycles. The normalized spacial score (nSPS) is 26.1. The molecule has 1 aliphatic rings. The van der Waals surface area contributed by atoms with Crippen molar-refractivity contribution in [2.24, 2.45) is 0 Å². The topological polar surface area (TPSA) is 68.2 Å². The van der Waals surface area contributed by atoms with Gasteiger partial charge in [-0.15, -0.1) is 0 Å². The van der Waals surface area contributed by atoms with Crippen LogP contribution in [0.25, 0.3) is 0 Å². The van der Waals surface area contributed by atoms with Crippen LogP contribution in [0.2, 0.25) is 0 Å². The number of nitriles is 1. The van der Waals surface area contributed by atoms with Crippen LogP contribution in [-0.2, 0) is 4.79 Å². The van der Waals surface area contributed by atoms with Gasteiger partial charge >= 0.3 is 0 Å². The lowest BCUT2D eigenvalue weighted by atomic mass is 9.99. The van der Waals surface area contributed by atoms with E-state index in [1.807, 2.05) is 6.07 Å². The van der Waals surface area contributed by atoms with E-state index in [0.29, 0.717) is 18.6 Å². The fourth-order valence-corrected chi connectivity index (χ4v) is 1.91. The van der Waals surface area contributed by atoms with Gasteiger partial charge in [-0.3, -0.25) is 4.79 Å². The van der Waals surface area contributed by atoms with E-state index in [0.717, 1.165) is 19.4 Å². The minimum atomic E-state index is -0.104. The molecule has 1 rings (SSSR count). The van der Waals surface area contributed by atoms with E-state index in [1.54, 1.807) is 0 Å².